The Morgan fingerprint density at radius 1 is 1.22 bits per heavy atom. The molecule has 9 heteroatoms. The zero-order valence-corrected chi connectivity index (χ0v) is 16.4. The summed E-state index contributed by atoms with van der Waals surface area (Å²) in [6, 6.07) is 8.48. The average Bonchev–Trinajstić information content (AvgIpc) is 2.95. The Labute approximate surface area is 159 Å². The number of benzene rings is 1. The number of rotatable bonds is 5. The fraction of sp³-hybridized carbons (Fsp3) is 0.500. The average molecular weight is 392 g/mol. The van der Waals surface area contributed by atoms with Crippen molar-refractivity contribution in [2.75, 3.05) is 25.4 Å². The lowest BCUT2D eigenvalue weighted by Gasteiger charge is -2.27. The quantitative estimate of drug-likeness (QED) is 0.772. The van der Waals surface area contributed by atoms with Gasteiger partial charge < -0.3 is 9.42 Å². The molecule has 1 amide bonds. The van der Waals surface area contributed by atoms with Crippen LogP contribution in [0.25, 0.3) is 0 Å². The van der Waals surface area contributed by atoms with Gasteiger partial charge in [0.15, 0.2) is 5.82 Å². The second-order valence-electron chi connectivity index (χ2n) is 6.56. The number of aryl methyl sites for hydroxylation is 1. The van der Waals surface area contributed by atoms with Crippen LogP contribution in [0.15, 0.2) is 34.9 Å². The molecule has 0 saturated carbocycles. The summed E-state index contributed by atoms with van der Waals surface area (Å²) in [4.78, 5) is 19.0. The highest BCUT2D eigenvalue weighted by atomic mass is 32.2. The van der Waals surface area contributed by atoms with Crippen molar-refractivity contribution in [3.63, 3.8) is 0 Å². The van der Waals surface area contributed by atoms with Crippen LogP contribution in [0, 0.1) is 6.92 Å². The smallest absolute Gasteiger partial charge is 0.254 e. The van der Waals surface area contributed by atoms with Gasteiger partial charge in [-0.05, 0) is 31.9 Å². The Morgan fingerprint density at radius 3 is 2.59 bits per heavy atom. The van der Waals surface area contributed by atoms with Crippen LogP contribution in [0.2, 0.25) is 0 Å². The van der Waals surface area contributed by atoms with E-state index in [0.29, 0.717) is 36.7 Å². The molecule has 0 N–H and O–H groups in total. The summed E-state index contributed by atoms with van der Waals surface area (Å²) in [7, 11) is -3.34. The second kappa shape index (κ2) is 8.18. The van der Waals surface area contributed by atoms with Crippen molar-refractivity contribution in [2.24, 2.45) is 0 Å². The van der Waals surface area contributed by atoms with Crippen LogP contribution < -0.4 is 0 Å². The van der Waals surface area contributed by atoms with Crippen LogP contribution in [0.4, 0.5) is 0 Å². The molecule has 1 aromatic heterocycles. The third-order valence-electron chi connectivity index (χ3n) is 4.58. The predicted molar refractivity (Wildman–Crippen MR) is 99.5 cm³/mol. The lowest BCUT2D eigenvalue weighted by Crippen LogP contribution is -2.39. The largest absolute Gasteiger partial charge is 0.337 e. The van der Waals surface area contributed by atoms with Crippen LogP contribution in [-0.2, 0) is 10.0 Å². The Morgan fingerprint density at radius 2 is 1.96 bits per heavy atom. The van der Waals surface area contributed by atoms with Gasteiger partial charge in [-0.2, -0.15) is 4.98 Å². The minimum Gasteiger partial charge on any atom is -0.337 e. The SMILES string of the molecule is CCCS(=O)(=O)N1CC[C@@H](c2nc(C)no2)N(C(=O)c2ccccc2)CC1. The molecule has 27 heavy (non-hydrogen) atoms. The van der Waals surface area contributed by atoms with Crippen LogP contribution in [0.5, 0.6) is 0 Å². The van der Waals surface area contributed by atoms with E-state index in [1.807, 2.05) is 13.0 Å². The summed E-state index contributed by atoms with van der Waals surface area (Å²) in [5.74, 6) is 0.749. The number of amides is 1. The first-order valence-corrected chi connectivity index (χ1v) is 10.7. The van der Waals surface area contributed by atoms with E-state index in [1.165, 1.54) is 4.31 Å². The van der Waals surface area contributed by atoms with Gasteiger partial charge in [0.1, 0.15) is 6.04 Å². The maximum Gasteiger partial charge on any atom is 0.254 e. The number of carbonyl (C=O) groups is 1. The summed E-state index contributed by atoms with van der Waals surface area (Å²) >= 11 is 0. The van der Waals surface area contributed by atoms with E-state index in [2.05, 4.69) is 10.1 Å². The topological polar surface area (TPSA) is 96.6 Å². The number of aromatic nitrogens is 2. The van der Waals surface area contributed by atoms with Crippen molar-refractivity contribution < 1.29 is 17.7 Å². The molecule has 1 atom stereocenters. The molecule has 1 saturated heterocycles. The zero-order valence-electron chi connectivity index (χ0n) is 15.5. The number of carbonyl (C=O) groups excluding carboxylic acids is 1. The number of sulfonamides is 1. The van der Waals surface area contributed by atoms with Crippen molar-refractivity contribution in [1.29, 1.82) is 0 Å². The molecule has 0 bridgehead atoms. The summed E-state index contributed by atoms with van der Waals surface area (Å²) in [6.07, 6.45) is 0.959. The van der Waals surface area contributed by atoms with Gasteiger partial charge in [-0.15, -0.1) is 0 Å². The Kier molecular flexibility index (Phi) is 5.91. The minimum absolute atomic E-state index is 0.101. The lowest BCUT2D eigenvalue weighted by atomic mass is 10.1. The second-order valence-corrected chi connectivity index (χ2v) is 8.65. The first-order valence-electron chi connectivity index (χ1n) is 9.06. The summed E-state index contributed by atoms with van der Waals surface area (Å²) in [6.45, 7) is 4.38. The van der Waals surface area contributed by atoms with E-state index in [4.69, 9.17) is 4.52 Å². The van der Waals surface area contributed by atoms with Crippen molar-refractivity contribution in [3.05, 3.63) is 47.6 Å². The van der Waals surface area contributed by atoms with E-state index in [9.17, 15) is 13.2 Å². The summed E-state index contributed by atoms with van der Waals surface area (Å²) < 4.78 is 31.8. The van der Waals surface area contributed by atoms with E-state index in [-0.39, 0.29) is 24.7 Å². The molecule has 1 fully saturated rings. The fourth-order valence-electron chi connectivity index (χ4n) is 3.27. The van der Waals surface area contributed by atoms with Gasteiger partial charge in [-0.3, -0.25) is 4.79 Å². The van der Waals surface area contributed by atoms with Crippen LogP contribution >= 0.6 is 0 Å². The fourth-order valence-corrected chi connectivity index (χ4v) is 4.79. The molecular weight excluding hydrogens is 368 g/mol. The highest BCUT2D eigenvalue weighted by Gasteiger charge is 2.35. The summed E-state index contributed by atoms with van der Waals surface area (Å²) in [5, 5.41) is 3.83. The number of nitrogens with zero attached hydrogens (tertiary/aromatic N) is 4. The molecule has 1 aliphatic heterocycles. The summed E-state index contributed by atoms with van der Waals surface area (Å²) in [5.41, 5.74) is 0.545. The zero-order chi connectivity index (χ0) is 19.4. The van der Waals surface area contributed by atoms with Gasteiger partial charge in [-0.25, -0.2) is 12.7 Å². The third kappa shape index (κ3) is 4.36. The predicted octanol–water partition coefficient (Wildman–Crippen LogP) is 2.01. The number of hydrogen-bond donors (Lipinski definition) is 0. The van der Waals surface area contributed by atoms with Gasteiger partial charge in [-0.1, -0.05) is 30.3 Å². The highest BCUT2D eigenvalue weighted by Crippen LogP contribution is 2.28. The molecule has 1 aliphatic rings. The Bertz CT molecular complexity index is 882. The first-order chi connectivity index (χ1) is 12.9. The molecule has 1 aromatic carbocycles. The molecule has 2 aromatic rings. The van der Waals surface area contributed by atoms with Crippen molar-refractivity contribution in [3.8, 4) is 0 Å². The normalized spacial score (nSPS) is 19.0. The van der Waals surface area contributed by atoms with E-state index < -0.39 is 16.1 Å². The van der Waals surface area contributed by atoms with Gasteiger partial charge >= 0.3 is 0 Å². The van der Waals surface area contributed by atoms with Crippen molar-refractivity contribution >= 4 is 15.9 Å². The van der Waals surface area contributed by atoms with E-state index >= 15 is 0 Å². The Balaban J connectivity index is 1.91. The van der Waals surface area contributed by atoms with Crippen LogP contribution in [-0.4, -0.2) is 59.1 Å². The molecule has 2 heterocycles. The van der Waals surface area contributed by atoms with E-state index in [1.54, 1.807) is 36.1 Å². The molecular formula is C18H24N4O4S. The van der Waals surface area contributed by atoms with Crippen molar-refractivity contribution in [1.82, 2.24) is 19.3 Å². The van der Waals surface area contributed by atoms with Crippen molar-refractivity contribution in [2.45, 2.75) is 32.7 Å². The molecule has 0 radical (unpaired) electrons. The molecule has 0 aliphatic carbocycles. The van der Waals surface area contributed by atoms with Gasteiger partial charge in [0.25, 0.3) is 5.91 Å². The van der Waals surface area contributed by atoms with Gasteiger partial charge in [0.05, 0.1) is 5.75 Å². The Hall–Kier alpha value is -2.26. The lowest BCUT2D eigenvalue weighted by molar-refractivity contribution is 0.0652. The monoisotopic (exact) mass is 392 g/mol. The minimum atomic E-state index is -3.34. The molecule has 8 nitrogen and oxygen atoms in total. The third-order valence-corrected chi connectivity index (χ3v) is 6.66. The first kappa shape index (κ1) is 19.5. The molecule has 3 rings (SSSR count). The molecule has 0 unspecified atom stereocenters. The number of hydrogen-bond acceptors (Lipinski definition) is 6. The van der Waals surface area contributed by atoms with Crippen LogP contribution in [0.1, 0.15) is 47.9 Å². The molecule has 146 valence electrons. The van der Waals surface area contributed by atoms with Crippen LogP contribution in [0.3, 0.4) is 0 Å². The molecule has 0 spiro atoms. The maximum absolute atomic E-state index is 13.1. The maximum atomic E-state index is 13.1. The highest BCUT2D eigenvalue weighted by molar-refractivity contribution is 7.89. The van der Waals surface area contributed by atoms with E-state index in [0.717, 1.165) is 0 Å². The van der Waals surface area contributed by atoms with Gasteiger partial charge in [0.2, 0.25) is 15.9 Å². The van der Waals surface area contributed by atoms with Gasteiger partial charge in [0, 0.05) is 25.2 Å². The standard InChI is InChI=1S/C18H24N4O4S/c1-3-13-27(24,25)21-10-9-16(17-19-14(2)20-26-17)22(12-11-21)18(23)15-7-5-4-6-8-15/h4-8,16H,3,9-13H2,1-2H3/t16-/m0/s1.